The second-order valence-corrected chi connectivity index (χ2v) is 5.75. The zero-order valence-electron chi connectivity index (χ0n) is 11.8. The lowest BCUT2D eigenvalue weighted by Crippen LogP contribution is -2.21. The fourth-order valence-electron chi connectivity index (χ4n) is 3.23. The molecule has 4 rings (SSSR count). The number of fused-ring (bicyclic) bond motifs is 3. The Kier molecular flexibility index (Phi) is 3.17. The van der Waals surface area contributed by atoms with Gasteiger partial charge in [-0.05, 0) is 42.5 Å². The van der Waals surface area contributed by atoms with E-state index in [4.69, 9.17) is 9.15 Å². The normalized spacial score (nSPS) is 18.3. The van der Waals surface area contributed by atoms with E-state index in [2.05, 4.69) is 12.1 Å². The Bertz CT molecular complexity index is 768. The molecule has 108 valence electrons. The number of benzene rings is 2. The molecule has 1 aliphatic rings. The zero-order chi connectivity index (χ0) is 14.2. The molecule has 0 spiro atoms. The molecule has 1 N–H and O–H groups in total. The van der Waals surface area contributed by atoms with Gasteiger partial charge in [0.25, 0.3) is 0 Å². The third-order valence-electron chi connectivity index (χ3n) is 4.45. The van der Waals surface area contributed by atoms with Gasteiger partial charge >= 0.3 is 0 Å². The Labute approximate surface area is 123 Å². The summed E-state index contributed by atoms with van der Waals surface area (Å²) in [5.41, 5.74) is 2.74. The summed E-state index contributed by atoms with van der Waals surface area (Å²) >= 11 is 0. The van der Waals surface area contributed by atoms with Gasteiger partial charge in [-0.3, -0.25) is 0 Å². The molecule has 0 amide bonds. The van der Waals surface area contributed by atoms with Crippen LogP contribution >= 0.6 is 0 Å². The van der Waals surface area contributed by atoms with Crippen LogP contribution in [0.2, 0.25) is 0 Å². The average Bonchev–Trinajstić information content (AvgIpc) is 2.93. The van der Waals surface area contributed by atoms with E-state index in [0.717, 1.165) is 53.6 Å². The molecule has 1 aromatic heterocycles. The van der Waals surface area contributed by atoms with Gasteiger partial charge in [-0.15, -0.1) is 0 Å². The Balaban J connectivity index is 1.76. The number of hydrogen-bond donors (Lipinski definition) is 1. The highest BCUT2D eigenvalue weighted by Crippen LogP contribution is 2.34. The number of aliphatic hydroxyl groups excluding tert-OH is 1. The van der Waals surface area contributed by atoms with Crippen molar-refractivity contribution in [2.75, 3.05) is 13.2 Å². The molecule has 1 saturated heterocycles. The highest BCUT2D eigenvalue weighted by atomic mass is 16.5. The lowest BCUT2D eigenvalue weighted by Gasteiger charge is -2.27. The van der Waals surface area contributed by atoms with Crippen molar-refractivity contribution in [3.8, 4) is 0 Å². The van der Waals surface area contributed by atoms with Crippen LogP contribution in [-0.4, -0.2) is 18.3 Å². The summed E-state index contributed by atoms with van der Waals surface area (Å²) in [5.74, 6) is 0.286. The van der Waals surface area contributed by atoms with Gasteiger partial charge in [-0.25, -0.2) is 0 Å². The van der Waals surface area contributed by atoms with Crippen LogP contribution in [0, 0.1) is 5.92 Å². The van der Waals surface area contributed by atoms with Crippen molar-refractivity contribution in [3.63, 3.8) is 0 Å². The number of para-hydroxylation sites is 1. The third kappa shape index (κ3) is 2.23. The molecule has 0 saturated carbocycles. The summed E-state index contributed by atoms with van der Waals surface area (Å²) in [4.78, 5) is 0. The van der Waals surface area contributed by atoms with E-state index in [1.54, 1.807) is 0 Å². The van der Waals surface area contributed by atoms with Crippen LogP contribution in [0.25, 0.3) is 21.9 Å². The van der Waals surface area contributed by atoms with Crippen molar-refractivity contribution in [2.45, 2.75) is 18.9 Å². The molecule has 2 heterocycles. The third-order valence-corrected chi connectivity index (χ3v) is 4.45. The number of furan rings is 1. The van der Waals surface area contributed by atoms with Gasteiger partial charge in [0.1, 0.15) is 11.2 Å². The van der Waals surface area contributed by atoms with Gasteiger partial charge in [0.2, 0.25) is 0 Å². The van der Waals surface area contributed by atoms with Gasteiger partial charge in [0, 0.05) is 24.0 Å². The molecule has 1 unspecified atom stereocenters. The van der Waals surface area contributed by atoms with E-state index in [1.807, 2.05) is 30.3 Å². The van der Waals surface area contributed by atoms with E-state index < -0.39 is 6.10 Å². The first-order valence-corrected chi connectivity index (χ1v) is 7.50. The molecule has 0 aliphatic carbocycles. The maximum absolute atomic E-state index is 10.6. The van der Waals surface area contributed by atoms with E-state index >= 15 is 0 Å². The lowest BCUT2D eigenvalue weighted by atomic mass is 9.89. The molecule has 21 heavy (non-hydrogen) atoms. The summed E-state index contributed by atoms with van der Waals surface area (Å²) in [6.45, 7) is 1.50. The summed E-state index contributed by atoms with van der Waals surface area (Å²) in [6.07, 6.45) is 1.42. The topological polar surface area (TPSA) is 42.6 Å². The summed E-state index contributed by atoms with van der Waals surface area (Å²) in [6, 6.07) is 14.0. The molecule has 1 aliphatic heterocycles. The van der Waals surface area contributed by atoms with Gasteiger partial charge in [-0.2, -0.15) is 0 Å². The summed E-state index contributed by atoms with van der Waals surface area (Å²) in [5, 5.41) is 12.8. The van der Waals surface area contributed by atoms with Crippen LogP contribution in [0.4, 0.5) is 0 Å². The first-order valence-electron chi connectivity index (χ1n) is 7.50. The highest BCUT2D eigenvalue weighted by molar-refractivity contribution is 6.04. The van der Waals surface area contributed by atoms with Gasteiger partial charge in [0.05, 0.1) is 6.10 Å². The molecule has 0 radical (unpaired) electrons. The molecular formula is C18H18O3. The number of aliphatic hydroxyl groups is 1. The van der Waals surface area contributed by atoms with Crippen LogP contribution < -0.4 is 0 Å². The number of ether oxygens (including phenoxy) is 1. The van der Waals surface area contributed by atoms with Crippen molar-refractivity contribution in [2.24, 2.45) is 5.92 Å². The molecule has 3 nitrogen and oxygen atoms in total. The van der Waals surface area contributed by atoms with E-state index in [0.29, 0.717) is 0 Å². The Morgan fingerprint density at radius 1 is 0.952 bits per heavy atom. The molecule has 3 aromatic rings. The lowest BCUT2D eigenvalue weighted by molar-refractivity contribution is 0.00723. The number of hydrogen-bond acceptors (Lipinski definition) is 3. The van der Waals surface area contributed by atoms with Crippen molar-refractivity contribution in [1.29, 1.82) is 0 Å². The van der Waals surface area contributed by atoms with Crippen LogP contribution in [0.3, 0.4) is 0 Å². The quantitative estimate of drug-likeness (QED) is 0.771. The zero-order valence-corrected chi connectivity index (χ0v) is 11.8. The smallest absolute Gasteiger partial charge is 0.135 e. The molecule has 3 heteroatoms. The molecule has 1 atom stereocenters. The monoisotopic (exact) mass is 282 g/mol. The van der Waals surface area contributed by atoms with Gasteiger partial charge in [0.15, 0.2) is 0 Å². The van der Waals surface area contributed by atoms with Gasteiger partial charge in [-0.1, -0.05) is 24.3 Å². The Morgan fingerprint density at radius 2 is 1.71 bits per heavy atom. The molecule has 0 bridgehead atoms. The SMILES string of the molecule is OC(c1ccc2oc3ccccc3c2c1)C1CCOCC1. The van der Waals surface area contributed by atoms with E-state index in [9.17, 15) is 5.11 Å². The second kappa shape index (κ2) is 5.17. The van der Waals surface area contributed by atoms with Gasteiger partial charge < -0.3 is 14.3 Å². The van der Waals surface area contributed by atoms with Crippen LogP contribution in [-0.2, 0) is 4.74 Å². The second-order valence-electron chi connectivity index (χ2n) is 5.75. The van der Waals surface area contributed by atoms with Crippen LogP contribution in [0.15, 0.2) is 46.9 Å². The standard InChI is InChI=1S/C18H18O3/c19-18(12-7-9-20-10-8-12)13-5-6-17-15(11-13)14-3-1-2-4-16(14)21-17/h1-6,11-12,18-19H,7-10H2. The van der Waals surface area contributed by atoms with Crippen molar-refractivity contribution in [3.05, 3.63) is 48.0 Å². The molecule has 2 aromatic carbocycles. The average molecular weight is 282 g/mol. The first-order chi connectivity index (χ1) is 10.3. The van der Waals surface area contributed by atoms with Crippen molar-refractivity contribution >= 4 is 21.9 Å². The van der Waals surface area contributed by atoms with Crippen LogP contribution in [0.1, 0.15) is 24.5 Å². The largest absolute Gasteiger partial charge is 0.456 e. The minimum absolute atomic E-state index is 0.286. The minimum atomic E-state index is -0.424. The highest BCUT2D eigenvalue weighted by Gasteiger charge is 2.24. The van der Waals surface area contributed by atoms with Crippen LogP contribution in [0.5, 0.6) is 0 Å². The fraction of sp³-hybridized carbons (Fsp3) is 0.333. The van der Waals surface area contributed by atoms with Crippen molar-refractivity contribution in [1.82, 2.24) is 0 Å². The maximum atomic E-state index is 10.6. The predicted molar refractivity (Wildman–Crippen MR) is 82.2 cm³/mol. The summed E-state index contributed by atoms with van der Waals surface area (Å²) < 4.78 is 11.2. The minimum Gasteiger partial charge on any atom is -0.456 e. The van der Waals surface area contributed by atoms with E-state index in [1.165, 1.54) is 0 Å². The summed E-state index contributed by atoms with van der Waals surface area (Å²) in [7, 11) is 0. The van der Waals surface area contributed by atoms with Crippen molar-refractivity contribution < 1.29 is 14.3 Å². The predicted octanol–water partition coefficient (Wildman–Crippen LogP) is 4.05. The number of rotatable bonds is 2. The fourth-order valence-corrected chi connectivity index (χ4v) is 3.23. The Morgan fingerprint density at radius 3 is 2.57 bits per heavy atom. The van der Waals surface area contributed by atoms with E-state index in [-0.39, 0.29) is 5.92 Å². The Hall–Kier alpha value is -1.84. The first kappa shape index (κ1) is 12.9. The molecule has 1 fully saturated rings. The molecular weight excluding hydrogens is 264 g/mol. The maximum Gasteiger partial charge on any atom is 0.135 e.